The Labute approximate surface area is 164 Å². The number of methoxy groups -OCH3 is 1. The summed E-state index contributed by atoms with van der Waals surface area (Å²) < 4.78 is 5.30. The molecule has 0 unspecified atom stereocenters. The van der Waals surface area contributed by atoms with E-state index in [2.05, 4.69) is 15.0 Å². The number of nitrogens with zero attached hydrogens (tertiary/aromatic N) is 2. The number of H-pyrrole nitrogens is 1. The lowest BCUT2D eigenvalue weighted by Crippen LogP contribution is -1.85. The number of hydrogen-bond acceptors (Lipinski definition) is 4. The molecule has 4 aromatic rings. The number of aromatic nitrogens is 3. The van der Waals surface area contributed by atoms with Crippen LogP contribution in [-0.4, -0.2) is 22.1 Å². The molecule has 130 valence electrons. The van der Waals surface area contributed by atoms with Crippen molar-refractivity contribution < 1.29 is 4.74 Å². The molecule has 0 saturated carbocycles. The molecule has 0 aliphatic carbocycles. The number of benzene rings is 2. The standard InChI is InChI=1S/C19H13Cl2N3OS/c1-25-14-4-2-3-11(5-14)17-9-16-18(24-17)22-10-23-19(16)26-15-7-12(20)6-13(21)8-15/h2-10H,1H3,(H,22,23,24). The highest BCUT2D eigenvalue weighted by atomic mass is 35.5. The zero-order valence-corrected chi connectivity index (χ0v) is 16.0. The summed E-state index contributed by atoms with van der Waals surface area (Å²) in [6.45, 7) is 0. The van der Waals surface area contributed by atoms with E-state index in [9.17, 15) is 0 Å². The van der Waals surface area contributed by atoms with Gasteiger partial charge >= 0.3 is 0 Å². The number of ether oxygens (including phenoxy) is 1. The number of nitrogens with one attached hydrogen (secondary N) is 1. The highest BCUT2D eigenvalue weighted by molar-refractivity contribution is 7.99. The quantitative estimate of drug-likeness (QED) is 0.420. The van der Waals surface area contributed by atoms with Gasteiger partial charge in [0.15, 0.2) is 0 Å². The van der Waals surface area contributed by atoms with E-state index in [4.69, 9.17) is 27.9 Å². The van der Waals surface area contributed by atoms with Gasteiger partial charge in [0.2, 0.25) is 0 Å². The van der Waals surface area contributed by atoms with Crippen molar-refractivity contribution in [1.29, 1.82) is 0 Å². The first-order valence-corrected chi connectivity index (χ1v) is 9.32. The average molecular weight is 402 g/mol. The Bertz CT molecular complexity index is 1080. The number of hydrogen-bond donors (Lipinski definition) is 1. The Morgan fingerprint density at radius 1 is 1.00 bits per heavy atom. The Morgan fingerprint density at radius 2 is 1.81 bits per heavy atom. The van der Waals surface area contributed by atoms with E-state index < -0.39 is 0 Å². The van der Waals surface area contributed by atoms with Gasteiger partial charge in [0.25, 0.3) is 0 Å². The van der Waals surface area contributed by atoms with Crippen LogP contribution < -0.4 is 4.74 Å². The Hall–Kier alpha value is -2.21. The molecular formula is C19H13Cl2N3OS. The summed E-state index contributed by atoms with van der Waals surface area (Å²) in [5.41, 5.74) is 2.74. The predicted molar refractivity (Wildman–Crippen MR) is 106 cm³/mol. The van der Waals surface area contributed by atoms with Gasteiger partial charge in [-0.3, -0.25) is 0 Å². The van der Waals surface area contributed by atoms with E-state index >= 15 is 0 Å². The third-order valence-electron chi connectivity index (χ3n) is 3.82. The first-order valence-electron chi connectivity index (χ1n) is 7.74. The molecule has 0 aliphatic rings. The van der Waals surface area contributed by atoms with Crippen LogP contribution in [0.1, 0.15) is 0 Å². The second-order valence-electron chi connectivity index (χ2n) is 5.56. The van der Waals surface area contributed by atoms with Gasteiger partial charge < -0.3 is 9.72 Å². The highest BCUT2D eigenvalue weighted by Crippen LogP contribution is 2.36. The summed E-state index contributed by atoms with van der Waals surface area (Å²) in [5, 5.41) is 2.96. The minimum absolute atomic E-state index is 0.594. The van der Waals surface area contributed by atoms with Gasteiger partial charge in [0.1, 0.15) is 22.7 Å². The molecule has 0 bridgehead atoms. The Kier molecular flexibility index (Phi) is 4.76. The van der Waals surface area contributed by atoms with Gasteiger partial charge in [-0.05, 0) is 36.4 Å². The maximum absolute atomic E-state index is 6.10. The van der Waals surface area contributed by atoms with Crippen molar-refractivity contribution in [3.05, 3.63) is 64.9 Å². The van der Waals surface area contributed by atoms with Crippen LogP contribution in [0.2, 0.25) is 10.0 Å². The van der Waals surface area contributed by atoms with E-state index in [1.165, 1.54) is 11.8 Å². The van der Waals surface area contributed by atoms with Gasteiger partial charge in [0.05, 0.1) is 12.5 Å². The molecule has 2 aromatic carbocycles. The fourth-order valence-electron chi connectivity index (χ4n) is 2.64. The van der Waals surface area contributed by atoms with Crippen molar-refractivity contribution in [2.24, 2.45) is 0 Å². The molecule has 2 heterocycles. The molecule has 0 radical (unpaired) electrons. The van der Waals surface area contributed by atoms with Crippen molar-refractivity contribution in [2.75, 3.05) is 7.11 Å². The van der Waals surface area contributed by atoms with Crippen molar-refractivity contribution in [3.8, 4) is 17.0 Å². The summed E-state index contributed by atoms with van der Waals surface area (Å²) in [6.07, 6.45) is 1.54. The summed E-state index contributed by atoms with van der Waals surface area (Å²) >= 11 is 13.7. The zero-order valence-electron chi connectivity index (χ0n) is 13.7. The van der Waals surface area contributed by atoms with Crippen molar-refractivity contribution >= 4 is 46.0 Å². The summed E-state index contributed by atoms with van der Waals surface area (Å²) in [5.74, 6) is 0.801. The Morgan fingerprint density at radius 3 is 2.58 bits per heavy atom. The zero-order chi connectivity index (χ0) is 18.1. The normalized spacial score (nSPS) is 11.0. The first kappa shape index (κ1) is 17.2. The summed E-state index contributed by atoms with van der Waals surface area (Å²) in [4.78, 5) is 13.0. The molecule has 2 aromatic heterocycles. The number of rotatable bonds is 4. The van der Waals surface area contributed by atoms with E-state index in [0.717, 1.165) is 38.0 Å². The molecule has 0 fully saturated rings. The monoisotopic (exact) mass is 401 g/mol. The lowest BCUT2D eigenvalue weighted by Gasteiger charge is -2.03. The van der Waals surface area contributed by atoms with Gasteiger partial charge in [-0.1, -0.05) is 47.1 Å². The SMILES string of the molecule is COc1cccc(-c2cc3c(Sc4cc(Cl)cc(Cl)c4)ncnc3[nH]2)c1. The van der Waals surface area contributed by atoms with Gasteiger partial charge in [-0.25, -0.2) is 9.97 Å². The summed E-state index contributed by atoms with van der Waals surface area (Å²) in [7, 11) is 1.65. The topological polar surface area (TPSA) is 50.8 Å². The van der Waals surface area contributed by atoms with Crippen molar-refractivity contribution in [2.45, 2.75) is 9.92 Å². The molecule has 0 saturated heterocycles. The van der Waals surface area contributed by atoms with E-state index in [1.807, 2.05) is 42.5 Å². The Balaban J connectivity index is 1.76. The minimum Gasteiger partial charge on any atom is -0.497 e. The minimum atomic E-state index is 0.594. The van der Waals surface area contributed by atoms with E-state index in [-0.39, 0.29) is 0 Å². The maximum Gasteiger partial charge on any atom is 0.142 e. The van der Waals surface area contributed by atoms with Crippen LogP contribution in [0.15, 0.2) is 64.8 Å². The maximum atomic E-state index is 6.10. The fourth-order valence-corrected chi connectivity index (χ4v) is 4.26. The molecule has 0 amide bonds. The molecule has 4 rings (SSSR count). The fraction of sp³-hybridized carbons (Fsp3) is 0.0526. The largest absolute Gasteiger partial charge is 0.497 e. The van der Waals surface area contributed by atoms with Crippen LogP contribution in [0.4, 0.5) is 0 Å². The molecule has 26 heavy (non-hydrogen) atoms. The molecule has 4 nitrogen and oxygen atoms in total. The number of halogens is 2. The second-order valence-corrected chi connectivity index (χ2v) is 7.50. The molecule has 7 heteroatoms. The first-order chi connectivity index (χ1) is 12.6. The highest BCUT2D eigenvalue weighted by Gasteiger charge is 2.12. The number of fused-ring (bicyclic) bond motifs is 1. The average Bonchev–Trinajstić information content (AvgIpc) is 3.06. The van der Waals surface area contributed by atoms with Crippen LogP contribution in [0, 0.1) is 0 Å². The molecule has 1 N–H and O–H groups in total. The van der Waals surface area contributed by atoms with E-state index in [0.29, 0.717) is 10.0 Å². The van der Waals surface area contributed by atoms with E-state index in [1.54, 1.807) is 19.5 Å². The molecule has 0 spiro atoms. The second kappa shape index (κ2) is 7.19. The van der Waals surface area contributed by atoms with Crippen LogP contribution in [0.3, 0.4) is 0 Å². The molecule has 0 atom stereocenters. The third kappa shape index (κ3) is 3.51. The lowest BCUT2D eigenvalue weighted by atomic mass is 10.1. The number of aromatic amines is 1. The van der Waals surface area contributed by atoms with Gasteiger partial charge in [-0.15, -0.1) is 0 Å². The smallest absolute Gasteiger partial charge is 0.142 e. The van der Waals surface area contributed by atoms with Crippen molar-refractivity contribution in [3.63, 3.8) is 0 Å². The van der Waals surface area contributed by atoms with Crippen LogP contribution >= 0.6 is 35.0 Å². The van der Waals surface area contributed by atoms with Crippen LogP contribution in [-0.2, 0) is 0 Å². The van der Waals surface area contributed by atoms with Gasteiger partial charge in [0, 0.05) is 26.2 Å². The molecule has 0 aliphatic heterocycles. The van der Waals surface area contributed by atoms with Crippen molar-refractivity contribution in [1.82, 2.24) is 15.0 Å². The van der Waals surface area contributed by atoms with Crippen LogP contribution in [0.5, 0.6) is 5.75 Å². The third-order valence-corrected chi connectivity index (χ3v) is 5.25. The molecular weight excluding hydrogens is 389 g/mol. The van der Waals surface area contributed by atoms with Crippen LogP contribution in [0.25, 0.3) is 22.3 Å². The lowest BCUT2D eigenvalue weighted by molar-refractivity contribution is 0.415. The predicted octanol–water partition coefficient (Wildman–Crippen LogP) is 6.09. The van der Waals surface area contributed by atoms with Gasteiger partial charge in [-0.2, -0.15) is 0 Å². The summed E-state index contributed by atoms with van der Waals surface area (Å²) in [6, 6.07) is 15.3.